The van der Waals surface area contributed by atoms with Gasteiger partial charge in [-0.2, -0.15) is 44.8 Å². The molecule has 4 rings (SSSR count). The van der Waals surface area contributed by atoms with E-state index >= 15 is 0 Å². The summed E-state index contributed by atoms with van der Waals surface area (Å²) >= 11 is 1.58. The van der Waals surface area contributed by atoms with Crippen molar-refractivity contribution in [1.29, 1.82) is 0 Å². The van der Waals surface area contributed by atoms with E-state index in [4.69, 9.17) is 0 Å². The molecule has 0 spiro atoms. The fourth-order valence-electron chi connectivity index (χ4n) is 4.26. The molecule has 0 aromatic heterocycles. The number of halogens is 2. The fourth-order valence-corrected chi connectivity index (χ4v) is 6.69. The zero-order valence-electron chi connectivity index (χ0n) is 22.0. The van der Waals surface area contributed by atoms with Gasteiger partial charge in [0.05, 0.1) is 16.1 Å². The van der Waals surface area contributed by atoms with Gasteiger partial charge in [0, 0.05) is 0 Å². The molecule has 2 aromatic carbocycles. The molecule has 186 valence electrons. The predicted octanol–water partition coefficient (Wildman–Crippen LogP) is 6.48. The van der Waals surface area contributed by atoms with Gasteiger partial charge in [0.15, 0.2) is 0 Å². The molecule has 0 unspecified atom stereocenters. The van der Waals surface area contributed by atoms with E-state index in [9.17, 15) is 0 Å². The van der Waals surface area contributed by atoms with Crippen LogP contribution in [-0.2, 0) is 49.0 Å². The van der Waals surface area contributed by atoms with E-state index in [2.05, 4.69) is 63.5 Å². The first kappa shape index (κ1) is 37.4. The molecule has 2 aliphatic rings. The van der Waals surface area contributed by atoms with Gasteiger partial charge in [-0.3, -0.25) is 0 Å². The van der Waals surface area contributed by atoms with Gasteiger partial charge in [-0.25, -0.2) is 12.1 Å². The summed E-state index contributed by atoms with van der Waals surface area (Å²) < 4.78 is 0. The average molecular weight is 607 g/mol. The second kappa shape index (κ2) is 16.5. The standard InChI is InChI=1S/2C12H19Si.2CH3.2ClH.H2Si.Zr/c2*1-13(2,3)12-8-10-6-4-5-7-11(10)9-12;;;;;;/h2*8-9H,4-7H2,1-3H3;2*1H3;2*1H;1H2;/q4*-1;;;;. The zero-order chi connectivity index (χ0) is 20.9. The number of hydrogen-bond donors (Lipinski definition) is 0. The molecule has 0 saturated carbocycles. The summed E-state index contributed by atoms with van der Waals surface area (Å²) in [5, 5.41) is 3.33. The summed E-state index contributed by atoms with van der Waals surface area (Å²) in [6.07, 6.45) is 11.0. The Labute approximate surface area is 231 Å². The van der Waals surface area contributed by atoms with Crippen molar-refractivity contribution >= 4 is 58.2 Å². The van der Waals surface area contributed by atoms with Crippen LogP contribution in [-0.4, -0.2) is 23.0 Å². The first-order valence-corrected chi connectivity index (χ1v) is 24.0. The molecule has 2 aromatic rings. The molecule has 0 N–H and O–H groups in total. The maximum atomic E-state index is 2.49. The molecular formula is C26H48Cl2Si3Zr-4. The first-order valence-electron chi connectivity index (χ1n) is 11.1. The number of aryl methyl sites for hydroxylation is 4. The molecule has 0 amide bonds. The van der Waals surface area contributed by atoms with Gasteiger partial charge in [0.1, 0.15) is 0 Å². The summed E-state index contributed by atoms with van der Waals surface area (Å²) in [6.45, 7) is 16.6. The van der Waals surface area contributed by atoms with Crippen molar-refractivity contribution in [3.63, 3.8) is 0 Å². The Morgan fingerprint density at radius 2 is 0.906 bits per heavy atom. The molecule has 0 heterocycles. The molecule has 0 fully saturated rings. The summed E-state index contributed by atoms with van der Waals surface area (Å²) in [7, 11) is -2.10. The molecule has 6 heteroatoms. The summed E-state index contributed by atoms with van der Waals surface area (Å²) in [5.74, 6) is 0. The Bertz CT molecular complexity index is 656. The van der Waals surface area contributed by atoms with E-state index in [-0.39, 0.29) is 39.7 Å². The van der Waals surface area contributed by atoms with E-state index in [0.717, 1.165) is 0 Å². The molecule has 0 aliphatic heterocycles. The Morgan fingerprint density at radius 3 is 1.16 bits per heavy atom. The van der Waals surface area contributed by atoms with Crippen LogP contribution in [0.25, 0.3) is 0 Å². The van der Waals surface area contributed by atoms with Crippen LogP contribution in [0.1, 0.15) is 47.9 Å². The van der Waals surface area contributed by atoms with Crippen LogP contribution >= 0.6 is 24.8 Å². The van der Waals surface area contributed by atoms with Crippen LogP contribution in [0.5, 0.6) is 0 Å². The minimum absolute atomic E-state index is 0. The zero-order valence-corrected chi connectivity index (χ0v) is 29.5. The van der Waals surface area contributed by atoms with Crippen molar-refractivity contribution in [3.05, 3.63) is 61.4 Å². The van der Waals surface area contributed by atoms with Crippen LogP contribution in [0.2, 0.25) is 39.3 Å². The van der Waals surface area contributed by atoms with E-state index in [0.29, 0.717) is 0 Å². The van der Waals surface area contributed by atoms with Crippen LogP contribution in [0.3, 0.4) is 0 Å². The van der Waals surface area contributed by atoms with Crippen molar-refractivity contribution in [2.75, 3.05) is 0 Å². The molecular weight excluding hydrogens is 559 g/mol. The van der Waals surface area contributed by atoms with Crippen LogP contribution in [0.4, 0.5) is 0 Å². The van der Waals surface area contributed by atoms with Gasteiger partial charge in [0.25, 0.3) is 0 Å². The summed E-state index contributed by atoms with van der Waals surface area (Å²) in [6, 6.07) is 9.95. The number of rotatable bonds is 2. The van der Waals surface area contributed by atoms with Crippen molar-refractivity contribution in [3.8, 4) is 0 Å². The fraction of sp³-hybridized carbons (Fsp3) is 0.538. The summed E-state index contributed by atoms with van der Waals surface area (Å²) in [5.41, 5.74) is 6.62. The second-order valence-corrected chi connectivity index (χ2v) is 20.7. The average Bonchev–Trinajstić information content (AvgIpc) is 3.27. The number of hydrogen-bond acceptors (Lipinski definition) is 0. The van der Waals surface area contributed by atoms with Gasteiger partial charge in [0.2, 0.25) is 0 Å². The Hall–Kier alpha value is 0.814. The molecule has 0 nitrogen and oxygen atoms in total. The van der Waals surface area contributed by atoms with Crippen molar-refractivity contribution < 1.29 is 23.3 Å². The molecule has 0 radical (unpaired) electrons. The molecule has 0 bridgehead atoms. The topological polar surface area (TPSA) is 0 Å². The van der Waals surface area contributed by atoms with E-state index in [1.165, 1.54) is 51.4 Å². The Balaban J connectivity index is -0.000000437. The van der Waals surface area contributed by atoms with Gasteiger partial charge in [-0.1, -0.05) is 90.6 Å². The summed E-state index contributed by atoms with van der Waals surface area (Å²) in [4.78, 5) is 0. The third-order valence-electron chi connectivity index (χ3n) is 6.16. The van der Waals surface area contributed by atoms with E-state index in [1.807, 2.05) is 6.88 Å². The quantitative estimate of drug-likeness (QED) is 0.271. The molecule has 2 aliphatic carbocycles. The first-order chi connectivity index (χ1) is 13.1. The monoisotopic (exact) mass is 604 g/mol. The van der Waals surface area contributed by atoms with Gasteiger partial charge < -0.3 is 14.9 Å². The third kappa shape index (κ3) is 10.6. The predicted molar refractivity (Wildman–Crippen MR) is 159 cm³/mol. The van der Waals surface area contributed by atoms with Gasteiger partial charge in [-0.15, -0.1) is 24.8 Å². The molecule has 0 saturated heterocycles. The van der Waals surface area contributed by atoms with Crippen LogP contribution in [0, 0.1) is 14.9 Å². The normalized spacial score (nSPS) is 14.0. The van der Waals surface area contributed by atoms with Crippen molar-refractivity contribution in [2.45, 2.75) is 90.6 Å². The van der Waals surface area contributed by atoms with Crippen LogP contribution in [0.15, 0.2) is 24.3 Å². The van der Waals surface area contributed by atoms with Crippen LogP contribution < -0.4 is 10.4 Å². The van der Waals surface area contributed by atoms with E-state index < -0.39 is 16.1 Å². The minimum atomic E-state index is -1.05. The second-order valence-electron chi connectivity index (χ2n) is 10.5. The Morgan fingerprint density at radius 1 is 0.625 bits per heavy atom. The Kier molecular flexibility index (Phi) is 19.2. The number of fused-ring (bicyclic) bond motifs is 2. The molecule has 0 atom stereocenters. The SMILES string of the molecule is C[Si](C)(C)c1cc2c([cH-]1)CCCC2.C[Si](C)(C)c1cc2c([cH-]1)CCCC2.Cl.Cl.[CH3-].[CH3-].[SiH2]=[Zr]. The molecule has 32 heavy (non-hydrogen) atoms. The van der Waals surface area contributed by atoms with E-state index in [1.54, 1.807) is 56.0 Å². The maximum absolute atomic E-state index is 2.49. The van der Waals surface area contributed by atoms with Gasteiger partial charge >= 0.3 is 30.2 Å². The van der Waals surface area contributed by atoms with Gasteiger partial charge in [-0.05, 0) is 0 Å². The third-order valence-corrected chi connectivity index (χ3v) is 10.2. The van der Waals surface area contributed by atoms with Crippen molar-refractivity contribution in [2.24, 2.45) is 0 Å². The van der Waals surface area contributed by atoms with Crippen molar-refractivity contribution in [1.82, 2.24) is 0 Å².